The van der Waals surface area contributed by atoms with Gasteiger partial charge in [-0.15, -0.1) is 0 Å². The van der Waals surface area contributed by atoms with Gasteiger partial charge in [-0.3, -0.25) is 10.7 Å². The molecule has 0 spiro atoms. The molecule has 3 heteroatoms. The van der Waals surface area contributed by atoms with Crippen LogP contribution in [0.15, 0.2) is 54.6 Å². The average Bonchev–Trinajstić information content (AvgIpc) is 2.40. The predicted octanol–water partition coefficient (Wildman–Crippen LogP) is 4.03. The van der Waals surface area contributed by atoms with Gasteiger partial charge in [0.05, 0.1) is 5.69 Å². The van der Waals surface area contributed by atoms with Crippen LogP contribution in [0.1, 0.15) is 13.8 Å². The van der Waals surface area contributed by atoms with E-state index in [0.717, 1.165) is 11.4 Å². The third kappa shape index (κ3) is 2.63. The summed E-state index contributed by atoms with van der Waals surface area (Å²) in [6, 6.07) is 18.3. The third-order valence-corrected chi connectivity index (χ3v) is 2.83. The second-order valence-electron chi connectivity index (χ2n) is 4.46. The van der Waals surface area contributed by atoms with Gasteiger partial charge in [-0.2, -0.15) is 0 Å². The van der Waals surface area contributed by atoms with Crippen LogP contribution in [0.3, 0.4) is 0 Å². The molecule has 0 fully saturated rings. The zero-order valence-electron chi connectivity index (χ0n) is 10.7. The Hall–Kier alpha value is -2.00. The van der Waals surface area contributed by atoms with Crippen molar-refractivity contribution in [3.8, 4) is 0 Å². The zero-order valence-corrected chi connectivity index (χ0v) is 10.7. The van der Waals surface area contributed by atoms with Crippen molar-refractivity contribution in [2.24, 2.45) is 0 Å². The maximum absolute atomic E-state index is 8.83. The zero-order chi connectivity index (χ0) is 13.0. The Balaban J connectivity index is 2.36. The lowest BCUT2D eigenvalue weighted by Gasteiger charge is -2.29. The summed E-state index contributed by atoms with van der Waals surface area (Å²) in [4.78, 5) is 2.25. The molecule has 94 valence electrons. The van der Waals surface area contributed by atoms with Crippen LogP contribution in [0, 0.1) is 0 Å². The second kappa shape index (κ2) is 5.56. The molecule has 0 radical (unpaired) electrons. The number of anilines is 3. The van der Waals surface area contributed by atoms with Crippen molar-refractivity contribution in [1.29, 1.82) is 0 Å². The van der Waals surface area contributed by atoms with E-state index < -0.39 is 0 Å². The topological polar surface area (TPSA) is 35.5 Å². The van der Waals surface area contributed by atoms with E-state index in [9.17, 15) is 0 Å². The van der Waals surface area contributed by atoms with Crippen LogP contribution in [0.4, 0.5) is 17.1 Å². The molecule has 0 aliphatic carbocycles. The first kappa shape index (κ1) is 12.5. The molecule has 0 aromatic heterocycles. The molecule has 0 heterocycles. The van der Waals surface area contributed by atoms with Crippen molar-refractivity contribution in [3.63, 3.8) is 0 Å². The molecule has 0 aliphatic rings. The number of para-hydroxylation sites is 1. The maximum Gasteiger partial charge on any atom is 0.0603 e. The first-order valence-electron chi connectivity index (χ1n) is 6.07. The highest BCUT2D eigenvalue weighted by molar-refractivity contribution is 5.65. The summed E-state index contributed by atoms with van der Waals surface area (Å²) < 4.78 is 0. The predicted molar refractivity (Wildman–Crippen MR) is 75.6 cm³/mol. The molecule has 0 saturated carbocycles. The molecule has 0 unspecified atom stereocenters. The van der Waals surface area contributed by atoms with Gasteiger partial charge in [0, 0.05) is 17.4 Å². The van der Waals surface area contributed by atoms with E-state index in [0.29, 0.717) is 11.7 Å². The smallest absolute Gasteiger partial charge is 0.0603 e. The molecular weight excluding hydrogens is 224 g/mol. The lowest BCUT2D eigenvalue weighted by molar-refractivity contribution is 0.389. The Bertz CT molecular complexity index is 480. The highest BCUT2D eigenvalue weighted by atomic mass is 16.5. The van der Waals surface area contributed by atoms with Crippen molar-refractivity contribution in [2.45, 2.75) is 19.9 Å². The summed E-state index contributed by atoms with van der Waals surface area (Å²) in [7, 11) is 0. The largest absolute Gasteiger partial charge is 0.339 e. The van der Waals surface area contributed by atoms with Gasteiger partial charge in [0.25, 0.3) is 0 Å². The molecule has 18 heavy (non-hydrogen) atoms. The minimum Gasteiger partial charge on any atom is -0.339 e. The summed E-state index contributed by atoms with van der Waals surface area (Å²) in [6.45, 7) is 4.32. The number of nitrogens with one attached hydrogen (secondary N) is 1. The third-order valence-electron chi connectivity index (χ3n) is 2.83. The van der Waals surface area contributed by atoms with E-state index in [1.165, 1.54) is 0 Å². The minimum atomic E-state index is 0.361. The highest BCUT2D eigenvalue weighted by Crippen LogP contribution is 2.28. The van der Waals surface area contributed by atoms with Gasteiger partial charge < -0.3 is 4.90 Å². The lowest BCUT2D eigenvalue weighted by atomic mass is 10.2. The van der Waals surface area contributed by atoms with Crippen LogP contribution < -0.4 is 10.4 Å². The van der Waals surface area contributed by atoms with E-state index in [1.807, 2.05) is 42.5 Å². The van der Waals surface area contributed by atoms with Gasteiger partial charge >= 0.3 is 0 Å². The standard InChI is InChI=1S/C15H18N2O/c1-12(2)17(14-6-4-3-5-7-14)15-10-8-13(16-18)9-11-15/h3-12,16,18H,1-2H3. The van der Waals surface area contributed by atoms with E-state index in [4.69, 9.17) is 5.21 Å². The number of hydrogen-bond donors (Lipinski definition) is 2. The number of benzene rings is 2. The van der Waals surface area contributed by atoms with Crippen molar-refractivity contribution in [1.82, 2.24) is 0 Å². The summed E-state index contributed by atoms with van der Waals surface area (Å²) >= 11 is 0. The van der Waals surface area contributed by atoms with Gasteiger partial charge in [0.15, 0.2) is 0 Å². The van der Waals surface area contributed by atoms with E-state index in [-0.39, 0.29) is 0 Å². The SMILES string of the molecule is CC(C)N(c1ccccc1)c1ccc(NO)cc1. The van der Waals surface area contributed by atoms with Crippen molar-refractivity contribution in [3.05, 3.63) is 54.6 Å². The summed E-state index contributed by atoms with van der Waals surface area (Å²) in [5.41, 5.74) is 5.10. The molecule has 3 nitrogen and oxygen atoms in total. The fourth-order valence-electron chi connectivity index (χ4n) is 2.03. The average molecular weight is 242 g/mol. The normalized spacial score (nSPS) is 10.4. The molecule has 0 saturated heterocycles. The number of nitrogens with zero attached hydrogens (tertiary/aromatic N) is 1. The Morgan fingerprint density at radius 1 is 0.889 bits per heavy atom. The minimum absolute atomic E-state index is 0.361. The van der Waals surface area contributed by atoms with Crippen molar-refractivity contribution < 1.29 is 5.21 Å². The van der Waals surface area contributed by atoms with E-state index in [1.54, 1.807) is 0 Å². The highest BCUT2D eigenvalue weighted by Gasteiger charge is 2.12. The van der Waals surface area contributed by atoms with Gasteiger partial charge in [0.2, 0.25) is 0 Å². The Morgan fingerprint density at radius 3 is 1.94 bits per heavy atom. The summed E-state index contributed by atoms with van der Waals surface area (Å²) in [5, 5.41) is 8.83. The molecule has 0 amide bonds. The summed E-state index contributed by atoms with van der Waals surface area (Å²) in [5.74, 6) is 0. The van der Waals surface area contributed by atoms with Gasteiger partial charge in [0.1, 0.15) is 0 Å². The first-order chi connectivity index (χ1) is 8.72. The van der Waals surface area contributed by atoms with E-state index in [2.05, 4.69) is 36.4 Å². The number of hydrogen-bond acceptors (Lipinski definition) is 3. The number of rotatable bonds is 4. The van der Waals surface area contributed by atoms with Crippen molar-refractivity contribution in [2.75, 3.05) is 10.4 Å². The molecule has 2 rings (SSSR count). The quantitative estimate of drug-likeness (QED) is 0.794. The van der Waals surface area contributed by atoms with Gasteiger partial charge in [-0.05, 0) is 50.2 Å². The fraction of sp³-hybridized carbons (Fsp3) is 0.200. The van der Waals surface area contributed by atoms with Gasteiger partial charge in [-0.1, -0.05) is 18.2 Å². The van der Waals surface area contributed by atoms with Crippen LogP contribution >= 0.6 is 0 Å². The fourth-order valence-corrected chi connectivity index (χ4v) is 2.03. The molecule has 2 N–H and O–H groups in total. The molecule has 0 atom stereocenters. The second-order valence-corrected chi connectivity index (χ2v) is 4.46. The van der Waals surface area contributed by atoms with Crippen LogP contribution in [-0.4, -0.2) is 11.2 Å². The van der Waals surface area contributed by atoms with Crippen LogP contribution in [0.25, 0.3) is 0 Å². The van der Waals surface area contributed by atoms with Gasteiger partial charge in [-0.25, -0.2) is 0 Å². The monoisotopic (exact) mass is 242 g/mol. The van der Waals surface area contributed by atoms with E-state index >= 15 is 0 Å². The molecule has 0 bridgehead atoms. The van der Waals surface area contributed by atoms with Crippen LogP contribution in [0.5, 0.6) is 0 Å². The Labute approximate surface area is 108 Å². The van der Waals surface area contributed by atoms with Crippen LogP contribution in [-0.2, 0) is 0 Å². The van der Waals surface area contributed by atoms with Crippen molar-refractivity contribution >= 4 is 17.1 Å². The first-order valence-corrected chi connectivity index (χ1v) is 6.07. The molecule has 2 aromatic carbocycles. The molecule has 0 aliphatic heterocycles. The summed E-state index contributed by atoms with van der Waals surface area (Å²) in [6.07, 6.45) is 0. The Kier molecular flexibility index (Phi) is 3.85. The molecular formula is C15H18N2O. The lowest BCUT2D eigenvalue weighted by Crippen LogP contribution is -2.25. The molecule has 2 aromatic rings. The Morgan fingerprint density at radius 2 is 1.44 bits per heavy atom. The van der Waals surface area contributed by atoms with Crippen LogP contribution in [0.2, 0.25) is 0 Å². The maximum atomic E-state index is 8.83.